The number of nitrogens with zero attached hydrogens (tertiary/aromatic N) is 1. The molecule has 0 radical (unpaired) electrons. The summed E-state index contributed by atoms with van der Waals surface area (Å²) >= 11 is 0. The molecule has 1 heterocycles. The third kappa shape index (κ3) is 7.09. The Labute approximate surface area is 172 Å². The summed E-state index contributed by atoms with van der Waals surface area (Å²) in [5.74, 6) is 0.599. The van der Waals surface area contributed by atoms with Crippen molar-refractivity contribution in [3.8, 4) is 11.5 Å². The molecular formula is C21H35NO7. The third-order valence-electron chi connectivity index (χ3n) is 5.48. The highest BCUT2D eigenvalue weighted by Crippen LogP contribution is 2.26. The van der Waals surface area contributed by atoms with Crippen LogP contribution in [-0.4, -0.2) is 94.8 Å². The van der Waals surface area contributed by atoms with Crippen molar-refractivity contribution in [2.45, 2.75) is 56.5 Å². The van der Waals surface area contributed by atoms with Gasteiger partial charge in [0, 0.05) is 13.2 Å². The van der Waals surface area contributed by atoms with Gasteiger partial charge < -0.3 is 35.0 Å². The Morgan fingerprint density at radius 2 is 1.79 bits per heavy atom. The van der Waals surface area contributed by atoms with E-state index in [1.807, 2.05) is 17.0 Å². The van der Waals surface area contributed by atoms with Crippen LogP contribution >= 0.6 is 0 Å². The van der Waals surface area contributed by atoms with Crippen LogP contribution < -0.4 is 4.74 Å². The van der Waals surface area contributed by atoms with Gasteiger partial charge in [-0.1, -0.05) is 18.9 Å². The Morgan fingerprint density at radius 1 is 1.03 bits per heavy atom. The zero-order valence-electron chi connectivity index (χ0n) is 17.1. The van der Waals surface area contributed by atoms with E-state index < -0.39 is 24.4 Å². The Hall–Kier alpha value is -1.42. The van der Waals surface area contributed by atoms with E-state index in [4.69, 9.17) is 9.47 Å². The molecule has 8 nitrogen and oxygen atoms in total. The first kappa shape index (κ1) is 23.9. The van der Waals surface area contributed by atoms with E-state index in [9.17, 15) is 25.5 Å². The Balaban J connectivity index is 1.54. The van der Waals surface area contributed by atoms with E-state index in [1.165, 1.54) is 7.11 Å². The van der Waals surface area contributed by atoms with E-state index in [1.54, 1.807) is 6.07 Å². The van der Waals surface area contributed by atoms with Gasteiger partial charge in [-0.2, -0.15) is 0 Å². The Bertz CT molecular complexity index is 600. The SMILES string of the molecule is COc1cc(CCOCCCCCCN2C[C@H](O)[C@@H](O)[C@H](O)[C@H]2CO)ccc1O. The zero-order valence-corrected chi connectivity index (χ0v) is 17.1. The molecule has 166 valence electrons. The van der Waals surface area contributed by atoms with Crippen LogP contribution in [0.2, 0.25) is 0 Å². The number of benzene rings is 1. The van der Waals surface area contributed by atoms with Crippen molar-refractivity contribution in [1.29, 1.82) is 0 Å². The highest BCUT2D eigenvalue weighted by atomic mass is 16.5. The normalized spacial score (nSPS) is 25.3. The molecule has 1 aliphatic heterocycles. The zero-order chi connectivity index (χ0) is 21.2. The van der Waals surface area contributed by atoms with Crippen LogP contribution in [0.4, 0.5) is 0 Å². The van der Waals surface area contributed by atoms with Crippen molar-refractivity contribution in [3.63, 3.8) is 0 Å². The molecule has 2 rings (SSSR count). The van der Waals surface area contributed by atoms with Gasteiger partial charge in [-0.05, 0) is 43.5 Å². The summed E-state index contributed by atoms with van der Waals surface area (Å²) in [7, 11) is 1.53. The number of unbranched alkanes of at least 4 members (excludes halogenated alkanes) is 3. The quantitative estimate of drug-likeness (QED) is 0.310. The van der Waals surface area contributed by atoms with Crippen molar-refractivity contribution < 1.29 is 35.0 Å². The van der Waals surface area contributed by atoms with Crippen molar-refractivity contribution in [3.05, 3.63) is 23.8 Å². The summed E-state index contributed by atoms with van der Waals surface area (Å²) in [6.45, 7) is 1.97. The topological polar surface area (TPSA) is 123 Å². The van der Waals surface area contributed by atoms with Crippen LogP contribution in [0, 0.1) is 0 Å². The molecule has 0 amide bonds. The number of phenolic OH excluding ortho intramolecular Hbond substituents is 1. The largest absolute Gasteiger partial charge is 0.504 e. The molecule has 0 unspecified atom stereocenters. The lowest BCUT2D eigenvalue weighted by Crippen LogP contribution is -2.62. The Morgan fingerprint density at radius 3 is 2.52 bits per heavy atom. The summed E-state index contributed by atoms with van der Waals surface area (Å²) < 4.78 is 10.8. The highest BCUT2D eigenvalue weighted by Gasteiger charge is 2.40. The van der Waals surface area contributed by atoms with Gasteiger partial charge in [0.05, 0.1) is 32.5 Å². The molecule has 1 aromatic carbocycles. The van der Waals surface area contributed by atoms with Gasteiger partial charge in [0.2, 0.25) is 0 Å². The van der Waals surface area contributed by atoms with E-state index in [0.29, 0.717) is 25.5 Å². The van der Waals surface area contributed by atoms with Crippen LogP contribution in [0.15, 0.2) is 18.2 Å². The fourth-order valence-electron chi connectivity index (χ4n) is 3.68. The number of likely N-dealkylation sites (tertiary alicyclic amines) is 1. The number of ether oxygens (including phenoxy) is 2. The fraction of sp³-hybridized carbons (Fsp3) is 0.714. The molecule has 1 fully saturated rings. The van der Waals surface area contributed by atoms with Gasteiger partial charge in [-0.3, -0.25) is 4.90 Å². The maximum atomic E-state index is 9.98. The van der Waals surface area contributed by atoms with Gasteiger partial charge in [-0.15, -0.1) is 0 Å². The fourth-order valence-corrected chi connectivity index (χ4v) is 3.68. The van der Waals surface area contributed by atoms with Crippen molar-refractivity contribution in [1.82, 2.24) is 4.90 Å². The lowest BCUT2D eigenvalue weighted by Gasteiger charge is -2.43. The van der Waals surface area contributed by atoms with Crippen LogP contribution in [-0.2, 0) is 11.2 Å². The summed E-state index contributed by atoms with van der Waals surface area (Å²) in [4.78, 5) is 1.85. The summed E-state index contributed by atoms with van der Waals surface area (Å²) in [6.07, 6.45) is 1.26. The van der Waals surface area contributed by atoms with Gasteiger partial charge in [0.15, 0.2) is 11.5 Å². The number of methoxy groups -OCH3 is 1. The number of hydrogen-bond donors (Lipinski definition) is 5. The van der Waals surface area contributed by atoms with E-state index in [-0.39, 0.29) is 18.9 Å². The van der Waals surface area contributed by atoms with E-state index in [0.717, 1.165) is 37.7 Å². The van der Waals surface area contributed by atoms with Gasteiger partial charge in [0.1, 0.15) is 12.2 Å². The third-order valence-corrected chi connectivity index (χ3v) is 5.48. The molecule has 4 atom stereocenters. The number of rotatable bonds is 12. The van der Waals surface area contributed by atoms with Gasteiger partial charge in [-0.25, -0.2) is 0 Å². The first-order chi connectivity index (χ1) is 14.0. The highest BCUT2D eigenvalue weighted by molar-refractivity contribution is 5.41. The van der Waals surface area contributed by atoms with Crippen molar-refractivity contribution >= 4 is 0 Å². The standard InChI is InChI=1S/C21H35NO7/c1-28-19-12-15(6-7-17(19)24)8-11-29-10-5-3-2-4-9-22-13-18(25)21(27)20(26)16(22)14-23/h6-7,12,16,18,20-21,23-27H,2-5,8-11,13-14H2,1H3/t16-,18+,20-,21-/m1/s1. The minimum atomic E-state index is -1.21. The lowest BCUT2D eigenvalue weighted by atomic mass is 9.94. The second kappa shape index (κ2) is 12.3. The number of hydrogen-bond acceptors (Lipinski definition) is 8. The van der Waals surface area contributed by atoms with Crippen LogP contribution in [0.1, 0.15) is 31.2 Å². The summed E-state index contributed by atoms with van der Waals surface area (Å²) in [5, 5.41) is 48.6. The molecule has 29 heavy (non-hydrogen) atoms. The predicted molar refractivity (Wildman–Crippen MR) is 108 cm³/mol. The van der Waals surface area contributed by atoms with Crippen molar-refractivity contribution in [2.75, 3.05) is 40.0 Å². The molecule has 0 bridgehead atoms. The molecule has 0 aromatic heterocycles. The molecule has 0 spiro atoms. The first-order valence-corrected chi connectivity index (χ1v) is 10.3. The number of piperidine rings is 1. The van der Waals surface area contributed by atoms with E-state index >= 15 is 0 Å². The maximum absolute atomic E-state index is 9.98. The van der Waals surface area contributed by atoms with Crippen molar-refractivity contribution in [2.24, 2.45) is 0 Å². The summed E-state index contributed by atoms with van der Waals surface area (Å²) in [5.41, 5.74) is 1.05. The van der Waals surface area contributed by atoms with Crippen LogP contribution in [0.25, 0.3) is 0 Å². The molecule has 0 saturated carbocycles. The first-order valence-electron chi connectivity index (χ1n) is 10.3. The molecule has 8 heteroatoms. The molecule has 1 aromatic rings. The Kier molecular flexibility index (Phi) is 10.1. The summed E-state index contributed by atoms with van der Waals surface area (Å²) in [6, 6.07) is 4.76. The molecule has 1 aliphatic rings. The molecule has 5 N–H and O–H groups in total. The average molecular weight is 414 g/mol. The van der Waals surface area contributed by atoms with E-state index in [2.05, 4.69) is 0 Å². The maximum Gasteiger partial charge on any atom is 0.160 e. The number of aromatic hydroxyl groups is 1. The van der Waals surface area contributed by atoms with Crippen LogP contribution in [0.3, 0.4) is 0 Å². The number of phenols is 1. The monoisotopic (exact) mass is 413 g/mol. The average Bonchev–Trinajstić information content (AvgIpc) is 2.72. The number of β-amino-alcohol motifs (C(OH)–C–C–N with tert-alkyl or cyclic N) is 1. The second-order valence-electron chi connectivity index (χ2n) is 7.58. The van der Waals surface area contributed by atoms with Crippen LogP contribution in [0.5, 0.6) is 11.5 Å². The lowest BCUT2D eigenvalue weighted by molar-refractivity contribution is -0.145. The van der Waals surface area contributed by atoms with Gasteiger partial charge in [0.25, 0.3) is 0 Å². The number of aliphatic hydroxyl groups is 4. The molecular weight excluding hydrogens is 378 g/mol. The minimum absolute atomic E-state index is 0.132. The number of aliphatic hydroxyl groups excluding tert-OH is 4. The van der Waals surface area contributed by atoms with Gasteiger partial charge >= 0.3 is 0 Å². The molecule has 0 aliphatic carbocycles. The smallest absolute Gasteiger partial charge is 0.160 e. The second-order valence-corrected chi connectivity index (χ2v) is 7.58. The minimum Gasteiger partial charge on any atom is -0.504 e. The molecule has 1 saturated heterocycles. The predicted octanol–water partition coefficient (Wildman–Crippen LogP) is 0.280.